The fourth-order valence-corrected chi connectivity index (χ4v) is 0.484. The molecule has 0 aliphatic carbocycles. The van der Waals surface area contributed by atoms with Crippen molar-refractivity contribution in [3.8, 4) is 0 Å². The Bertz CT molecular complexity index is 151. The smallest absolute Gasteiger partial charge is 0.404 e. The second-order valence-electron chi connectivity index (χ2n) is 1.65. The molecule has 0 heterocycles. The van der Waals surface area contributed by atoms with Crippen LogP contribution in [0, 0.1) is 0 Å². The zero-order chi connectivity index (χ0) is 8.69. The van der Waals surface area contributed by atoms with Gasteiger partial charge in [0.15, 0.2) is 0 Å². The lowest BCUT2D eigenvalue weighted by atomic mass is 10.6. The van der Waals surface area contributed by atoms with Crippen LogP contribution in [0.3, 0.4) is 0 Å². The van der Waals surface area contributed by atoms with Crippen molar-refractivity contribution in [1.29, 1.82) is 0 Å². The minimum atomic E-state index is -0.856. The maximum atomic E-state index is 10.4. The number of ether oxygens (including phenoxy) is 1. The van der Waals surface area contributed by atoms with Gasteiger partial charge in [-0.1, -0.05) is 0 Å². The van der Waals surface area contributed by atoms with E-state index in [9.17, 15) is 9.59 Å². The molecule has 0 rings (SSSR count). The van der Waals surface area contributed by atoms with Crippen LogP contribution in [0.2, 0.25) is 0 Å². The van der Waals surface area contributed by atoms with E-state index in [1.54, 1.807) is 0 Å². The Kier molecular flexibility index (Phi) is 5.28. The van der Waals surface area contributed by atoms with E-state index in [1.807, 2.05) is 0 Å². The van der Waals surface area contributed by atoms with Gasteiger partial charge in [-0.15, -0.1) is 11.6 Å². The summed E-state index contributed by atoms with van der Waals surface area (Å²) in [4.78, 5) is 20.4. The molecule has 0 aromatic heterocycles. The molecule has 3 N–H and O–H groups in total. The summed E-state index contributed by atoms with van der Waals surface area (Å²) in [5, 5.41) is 2.38. The topological polar surface area (TPSA) is 81.4 Å². The number of carbonyl (C=O) groups is 2. The molecule has 64 valence electrons. The number of primary amides is 1. The second-order valence-corrected chi connectivity index (χ2v) is 1.92. The van der Waals surface area contributed by atoms with Crippen molar-refractivity contribution in [3.05, 3.63) is 0 Å². The number of carbonyl (C=O) groups excluding carboxylic acids is 2. The van der Waals surface area contributed by atoms with E-state index < -0.39 is 6.09 Å². The van der Waals surface area contributed by atoms with E-state index in [0.29, 0.717) is 0 Å². The molecule has 11 heavy (non-hydrogen) atoms. The van der Waals surface area contributed by atoms with E-state index in [-0.39, 0.29) is 24.9 Å². The Morgan fingerprint density at radius 2 is 2.18 bits per heavy atom. The van der Waals surface area contributed by atoms with E-state index in [2.05, 4.69) is 15.8 Å². The third-order valence-electron chi connectivity index (χ3n) is 0.790. The number of hydrogen-bond donors (Lipinski definition) is 2. The predicted molar refractivity (Wildman–Crippen MR) is 39.3 cm³/mol. The maximum Gasteiger partial charge on any atom is 0.404 e. The molecular weight excluding hydrogens is 172 g/mol. The second kappa shape index (κ2) is 5.79. The molecule has 0 aromatic carbocycles. The number of rotatable bonds is 4. The van der Waals surface area contributed by atoms with Crippen LogP contribution in [0.15, 0.2) is 0 Å². The highest BCUT2D eigenvalue weighted by atomic mass is 35.5. The first kappa shape index (κ1) is 10.0. The van der Waals surface area contributed by atoms with E-state index >= 15 is 0 Å². The summed E-state index contributed by atoms with van der Waals surface area (Å²) in [6, 6.07) is 0. The SMILES string of the molecule is NC(=O)OCCNC(=O)CCl. The Labute approximate surface area is 68.8 Å². The molecule has 5 nitrogen and oxygen atoms in total. The number of hydrogen-bond acceptors (Lipinski definition) is 3. The number of nitrogens with two attached hydrogens (primary N) is 1. The standard InChI is InChI=1S/C5H9ClN2O3/c6-3-4(9)8-1-2-11-5(7)10/h1-3H2,(H2,7,10)(H,8,9). The van der Waals surface area contributed by atoms with Gasteiger partial charge in [-0.2, -0.15) is 0 Å². The molecule has 0 aromatic rings. The van der Waals surface area contributed by atoms with Crippen LogP contribution in [0.5, 0.6) is 0 Å². The van der Waals surface area contributed by atoms with Crippen molar-refractivity contribution in [2.24, 2.45) is 5.73 Å². The number of nitrogens with one attached hydrogen (secondary N) is 1. The van der Waals surface area contributed by atoms with E-state index in [1.165, 1.54) is 0 Å². The largest absolute Gasteiger partial charge is 0.448 e. The summed E-state index contributed by atoms with van der Waals surface area (Å²) in [6.45, 7) is 0.298. The summed E-state index contributed by atoms with van der Waals surface area (Å²) < 4.78 is 4.32. The molecule has 6 heteroatoms. The quantitative estimate of drug-likeness (QED) is 0.449. The Morgan fingerprint density at radius 1 is 1.55 bits per heavy atom. The van der Waals surface area contributed by atoms with Crippen molar-refractivity contribution in [1.82, 2.24) is 5.32 Å². The van der Waals surface area contributed by atoms with Crippen molar-refractivity contribution in [2.45, 2.75) is 0 Å². The van der Waals surface area contributed by atoms with Crippen molar-refractivity contribution >= 4 is 23.6 Å². The van der Waals surface area contributed by atoms with Crippen molar-refractivity contribution in [3.63, 3.8) is 0 Å². The van der Waals surface area contributed by atoms with Gasteiger partial charge in [-0.3, -0.25) is 4.79 Å². The van der Waals surface area contributed by atoms with Gasteiger partial charge in [0.25, 0.3) is 0 Å². The molecular formula is C5H9ClN2O3. The molecule has 0 atom stereocenters. The molecule has 0 aliphatic heterocycles. The third-order valence-corrected chi connectivity index (χ3v) is 1.03. The number of halogens is 1. The Morgan fingerprint density at radius 3 is 2.64 bits per heavy atom. The van der Waals surface area contributed by atoms with Crippen LogP contribution in [-0.2, 0) is 9.53 Å². The van der Waals surface area contributed by atoms with Crippen LogP contribution >= 0.6 is 11.6 Å². The Hall–Kier alpha value is -0.970. The van der Waals surface area contributed by atoms with Crippen LogP contribution in [-0.4, -0.2) is 31.0 Å². The van der Waals surface area contributed by atoms with Gasteiger partial charge < -0.3 is 15.8 Å². The monoisotopic (exact) mass is 180 g/mol. The molecule has 0 fully saturated rings. The van der Waals surface area contributed by atoms with Crippen molar-refractivity contribution < 1.29 is 14.3 Å². The van der Waals surface area contributed by atoms with Crippen LogP contribution in [0.25, 0.3) is 0 Å². The first-order valence-electron chi connectivity index (χ1n) is 2.91. The lowest BCUT2D eigenvalue weighted by Gasteiger charge is -2.01. The first-order valence-corrected chi connectivity index (χ1v) is 3.45. The minimum absolute atomic E-state index is 0.0674. The molecule has 0 unspecified atom stereocenters. The maximum absolute atomic E-state index is 10.4. The fourth-order valence-electron chi connectivity index (χ4n) is 0.389. The molecule has 0 bridgehead atoms. The highest BCUT2D eigenvalue weighted by Gasteiger charge is 1.97. The first-order chi connectivity index (χ1) is 5.16. The summed E-state index contributed by atoms with van der Waals surface area (Å²) >= 11 is 5.15. The van der Waals surface area contributed by atoms with Gasteiger partial charge in [-0.05, 0) is 0 Å². The van der Waals surface area contributed by atoms with E-state index in [0.717, 1.165) is 0 Å². The lowest BCUT2D eigenvalue weighted by Crippen LogP contribution is -2.29. The lowest BCUT2D eigenvalue weighted by molar-refractivity contribution is -0.118. The summed E-state index contributed by atoms with van der Waals surface area (Å²) in [5.41, 5.74) is 4.64. The highest BCUT2D eigenvalue weighted by molar-refractivity contribution is 6.27. The number of alkyl halides is 1. The number of amides is 2. The molecule has 0 radical (unpaired) electrons. The van der Waals surface area contributed by atoms with Gasteiger partial charge in [0.05, 0.1) is 6.54 Å². The van der Waals surface area contributed by atoms with Crippen LogP contribution in [0.1, 0.15) is 0 Å². The minimum Gasteiger partial charge on any atom is -0.448 e. The molecule has 2 amide bonds. The fraction of sp³-hybridized carbons (Fsp3) is 0.600. The normalized spacial score (nSPS) is 8.82. The van der Waals surface area contributed by atoms with Gasteiger partial charge >= 0.3 is 6.09 Å². The molecule has 0 saturated carbocycles. The highest BCUT2D eigenvalue weighted by Crippen LogP contribution is 1.75. The average molecular weight is 181 g/mol. The Balaban J connectivity index is 3.14. The zero-order valence-corrected chi connectivity index (χ0v) is 6.56. The van der Waals surface area contributed by atoms with Crippen LogP contribution < -0.4 is 11.1 Å². The summed E-state index contributed by atoms with van der Waals surface area (Å²) in [6.07, 6.45) is -0.856. The molecule has 0 aliphatic rings. The molecule has 0 saturated heterocycles. The van der Waals surface area contributed by atoms with Gasteiger partial charge in [-0.25, -0.2) is 4.79 Å². The zero-order valence-electron chi connectivity index (χ0n) is 5.80. The van der Waals surface area contributed by atoms with Gasteiger partial charge in [0.1, 0.15) is 12.5 Å². The molecule has 0 spiro atoms. The van der Waals surface area contributed by atoms with Gasteiger partial charge in [0.2, 0.25) is 5.91 Å². The van der Waals surface area contributed by atoms with Crippen molar-refractivity contribution in [2.75, 3.05) is 19.0 Å². The summed E-state index contributed by atoms with van der Waals surface area (Å²) in [7, 11) is 0. The van der Waals surface area contributed by atoms with Crippen LogP contribution in [0.4, 0.5) is 4.79 Å². The average Bonchev–Trinajstić information content (AvgIpc) is 1.97. The van der Waals surface area contributed by atoms with E-state index in [4.69, 9.17) is 11.6 Å². The van der Waals surface area contributed by atoms with Gasteiger partial charge in [0, 0.05) is 0 Å². The summed E-state index contributed by atoms with van der Waals surface area (Å²) in [5.74, 6) is -0.406. The predicted octanol–water partition coefficient (Wildman–Crippen LogP) is -0.563. The third kappa shape index (κ3) is 6.92.